The van der Waals surface area contributed by atoms with Gasteiger partial charge in [0.1, 0.15) is 5.75 Å². The Balaban J connectivity index is 2.26. The fraction of sp³-hybridized carbons (Fsp3) is 0.176. The predicted molar refractivity (Wildman–Crippen MR) is 91.1 cm³/mol. The van der Waals surface area contributed by atoms with Crippen LogP contribution in [0, 0.1) is 0 Å². The molecule has 2 rings (SSSR count). The molecule has 0 amide bonds. The summed E-state index contributed by atoms with van der Waals surface area (Å²) in [5.74, 6) is -1.22. The van der Waals surface area contributed by atoms with Gasteiger partial charge in [0.2, 0.25) is 0 Å². The first-order valence-corrected chi connectivity index (χ1v) is 8.77. The Morgan fingerprint density at radius 3 is 2.15 bits per heavy atom. The summed E-state index contributed by atoms with van der Waals surface area (Å²) < 4.78 is 35.0. The van der Waals surface area contributed by atoms with Gasteiger partial charge in [-0.3, -0.25) is 4.84 Å². The molecule has 8 nitrogen and oxygen atoms in total. The molecule has 0 aliphatic rings. The molecule has 138 valence electrons. The third-order valence-electron chi connectivity index (χ3n) is 3.43. The first kappa shape index (κ1) is 19.6. The van der Waals surface area contributed by atoms with Gasteiger partial charge < -0.3 is 9.47 Å². The highest BCUT2D eigenvalue weighted by atomic mass is 32.2. The molecule has 9 heteroatoms. The van der Waals surface area contributed by atoms with Gasteiger partial charge >= 0.3 is 11.9 Å². The van der Waals surface area contributed by atoms with Gasteiger partial charge in [-0.15, -0.1) is 0 Å². The van der Waals surface area contributed by atoms with Crippen LogP contribution in [0.4, 0.5) is 0 Å². The highest BCUT2D eigenvalue weighted by molar-refractivity contribution is 7.89. The summed E-state index contributed by atoms with van der Waals surface area (Å²) in [5.41, 5.74) is 0.245. The third-order valence-corrected chi connectivity index (χ3v) is 5.10. The maximum absolute atomic E-state index is 12.3. The van der Waals surface area contributed by atoms with Crippen molar-refractivity contribution < 1.29 is 32.3 Å². The summed E-state index contributed by atoms with van der Waals surface area (Å²) >= 11 is 0. The third kappa shape index (κ3) is 4.26. The van der Waals surface area contributed by atoms with Crippen molar-refractivity contribution >= 4 is 22.0 Å². The summed E-state index contributed by atoms with van der Waals surface area (Å²) in [4.78, 5) is 28.4. The van der Waals surface area contributed by atoms with Crippen LogP contribution in [0.15, 0.2) is 53.4 Å². The van der Waals surface area contributed by atoms with Crippen molar-refractivity contribution in [1.29, 1.82) is 0 Å². The zero-order valence-corrected chi connectivity index (χ0v) is 15.1. The van der Waals surface area contributed by atoms with Gasteiger partial charge in [0.05, 0.1) is 30.2 Å². The lowest BCUT2D eigenvalue weighted by Crippen LogP contribution is -2.26. The maximum Gasteiger partial charge on any atom is 0.343 e. The van der Waals surface area contributed by atoms with E-state index in [2.05, 4.69) is 4.74 Å². The Bertz CT molecular complexity index is 924. The molecule has 2 aromatic carbocycles. The second kappa shape index (κ2) is 8.09. The lowest BCUT2D eigenvalue weighted by atomic mass is 10.2. The average Bonchev–Trinajstić information content (AvgIpc) is 2.66. The minimum absolute atomic E-state index is 0.0269. The zero-order valence-electron chi connectivity index (χ0n) is 14.3. The lowest BCUT2D eigenvalue weighted by Gasteiger charge is -2.14. The molecule has 0 spiro atoms. The highest BCUT2D eigenvalue weighted by Gasteiger charge is 2.22. The number of carbonyl (C=O) groups is 2. The van der Waals surface area contributed by atoms with Gasteiger partial charge in [0, 0.05) is 7.05 Å². The van der Waals surface area contributed by atoms with Crippen LogP contribution in [0.3, 0.4) is 0 Å². The molecule has 0 saturated carbocycles. The second-order valence-electron chi connectivity index (χ2n) is 5.03. The molecular formula is C17H17NO7S. The Kier molecular flexibility index (Phi) is 6.09. The molecule has 0 N–H and O–H groups in total. The topological polar surface area (TPSA) is 99.2 Å². The molecule has 0 heterocycles. The van der Waals surface area contributed by atoms with Crippen molar-refractivity contribution in [1.82, 2.24) is 4.47 Å². The van der Waals surface area contributed by atoms with Gasteiger partial charge in [-0.1, -0.05) is 16.6 Å². The van der Waals surface area contributed by atoms with Gasteiger partial charge in [-0.2, -0.15) is 0 Å². The van der Waals surface area contributed by atoms with E-state index in [4.69, 9.17) is 9.57 Å². The number of hydrogen-bond donors (Lipinski definition) is 0. The van der Waals surface area contributed by atoms with Crippen LogP contribution < -0.4 is 4.74 Å². The number of methoxy groups -OCH3 is 1. The minimum Gasteiger partial charge on any atom is -0.465 e. The Morgan fingerprint density at radius 1 is 0.923 bits per heavy atom. The number of hydrogen-bond acceptors (Lipinski definition) is 7. The normalized spacial score (nSPS) is 11.2. The fourth-order valence-electron chi connectivity index (χ4n) is 2.00. The maximum atomic E-state index is 12.3. The monoisotopic (exact) mass is 379 g/mol. The average molecular weight is 379 g/mol. The lowest BCUT2D eigenvalue weighted by molar-refractivity contribution is -0.0258. The van der Waals surface area contributed by atoms with Crippen molar-refractivity contribution in [3.63, 3.8) is 0 Å². The van der Waals surface area contributed by atoms with E-state index in [1.807, 2.05) is 0 Å². The van der Waals surface area contributed by atoms with E-state index in [9.17, 15) is 18.0 Å². The van der Waals surface area contributed by atoms with Crippen LogP contribution >= 0.6 is 0 Å². The number of rotatable bonds is 6. The Morgan fingerprint density at radius 2 is 1.54 bits per heavy atom. The number of sulfonamides is 1. The minimum atomic E-state index is -3.90. The largest absolute Gasteiger partial charge is 0.465 e. The van der Waals surface area contributed by atoms with E-state index in [1.54, 1.807) is 0 Å². The van der Waals surface area contributed by atoms with E-state index in [1.165, 1.54) is 69.8 Å². The van der Waals surface area contributed by atoms with E-state index in [0.29, 0.717) is 4.47 Å². The van der Waals surface area contributed by atoms with Gasteiger partial charge in [0.15, 0.2) is 0 Å². The van der Waals surface area contributed by atoms with Crippen LogP contribution in [0.2, 0.25) is 0 Å². The van der Waals surface area contributed by atoms with Gasteiger partial charge in [0.25, 0.3) is 10.0 Å². The quantitative estimate of drug-likeness (QED) is 0.429. The van der Waals surface area contributed by atoms with Crippen molar-refractivity contribution in [3.05, 3.63) is 59.7 Å². The number of hydroxylamine groups is 1. The van der Waals surface area contributed by atoms with Crippen LogP contribution in [0.5, 0.6) is 5.75 Å². The zero-order chi connectivity index (χ0) is 19.3. The standard InChI is InChI=1S/C17H17NO7S/c1-18(24-3)26(21,22)15-9-5-7-13(11-15)17(20)25-14-8-4-6-12(10-14)16(19)23-2/h4-11H,1-3H3. The first-order chi connectivity index (χ1) is 12.3. The molecule has 0 atom stereocenters. The van der Waals surface area contributed by atoms with Crippen LogP contribution in [0.1, 0.15) is 20.7 Å². The van der Waals surface area contributed by atoms with E-state index in [0.717, 1.165) is 0 Å². The molecule has 26 heavy (non-hydrogen) atoms. The van der Waals surface area contributed by atoms with Crippen LogP contribution in [-0.4, -0.2) is 46.1 Å². The summed E-state index contributed by atoms with van der Waals surface area (Å²) in [7, 11) is -0.210. The van der Waals surface area contributed by atoms with E-state index in [-0.39, 0.29) is 21.8 Å². The molecule has 0 aliphatic carbocycles. The van der Waals surface area contributed by atoms with Crippen molar-refractivity contribution in [3.8, 4) is 5.75 Å². The molecule has 2 aromatic rings. The summed E-state index contributed by atoms with van der Waals surface area (Å²) in [6.07, 6.45) is 0. The van der Waals surface area contributed by atoms with Gasteiger partial charge in [-0.05, 0) is 36.4 Å². The highest BCUT2D eigenvalue weighted by Crippen LogP contribution is 2.19. The predicted octanol–water partition coefficient (Wildman–Crippen LogP) is 1.87. The van der Waals surface area contributed by atoms with Gasteiger partial charge in [-0.25, -0.2) is 18.0 Å². The molecular weight excluding hydrogens is 362 g/mol. The van der Waals surface area contributed by atoms with E-state index >= 15 is 0 Å². The number of esters is 2. The van der Waals surface area contributed by atoms with Crippen molar-refractivity contribution in [2.24, 2.45) is 0 Å². The summed E-state index contributed by atoms with van der Waals surface area (Å²) in [5, 5.41) is 0. The van der Waals surface area contributed by atoms with Crippen molar-refractivity contribution in [2.75, 3.05) is 21.3 Å². The van der Waals surface area contributed by atoms with Crippen molar-refractivity contribution in [2.45, 2.75) is 4.90 Å². The smallest absolute Gasteiger partial charge is 0.343 e. The van der Waals surface area contributed by atoms with Crippen LogP contribution in [-0.2, 0) is 19.6 Å². The molecule has 0 radical (unpaired) electrons. The second-order valence-corrected chi connectivity index (χ2v) is 6.97. The molecule has 0 saturated heterocycles. The SMILES string of the molecule is COC(=O)c1cccc(OC(=O)c2cccc(S(=O)(=O)N(C)OC)c2)c1. The Labute approximate surface area is 150 Å². The fourth-order valence-corrected chi connectivity index (χ4v) is 3.02. The molecule has 0 unspecified atom stereocenters. The number of benzene rings is 2. The number of ether oxygens (including phenoxy) is 2. The molecule has 0 aliphatic heterocycles. The first-order valence-electron chi connectivity index (χ1n) is 7.33. The molecule has 0 fully saturated rings. The number of nitrogens with zero attached hydrogens (tertiary/aromatic N) is 1. The Hall–Kier alpha value is -2.75. The molecule has 0 aromatic heterocycles. The number of carbonyl (C=O) groups excluding carboxylic acids is 2. The molecule has 0 bridgehead atoms. The van der Waals surface area contributed by atoms with Crippen LogP contribution in [0.25, 0.3) is 0 Å². The summed E-state index contributed by atoms with van der Waals surface area (Å²) in [6, 6.07) is 11.2. The van der Waals surface area contributed by atoms with E-state index < -0.39 is 22.0 Å². The summed E-state index contributed by atoms with van der Waals surface area (Å²) in [6.45, 7) is 0.